The average molecular weight is 1720 g/mol. The van der Waals surface area contributed by atoms with E-state index in [1.54, 1.807) is 0 Å². The van der Waals surface area contributed by atoms with Crippen molar-refractivity contribution in [2.75, 3.05) is 0 Å². The first-order valence-electron chi connectivity index (χ1n) is 50.7. The van der Waals surface area contributed by atoms with Crippen LogP contribution < -0.4 is 9.13 Å². The van der Waals surface area contributed by atoms with E-state index in [-0.39, 0.29) is 23.2 Å². The van der Waals surface area contributed by atoms with Gasteiger partial charge in [0.15, 0.2) is 12.4 Å². The zero-order chi connectivity index (χ0) is 93.5. The molecule has 5 aliphatic carbocycles. The summed E-state index contributed by atoms with van der Waals surface area (Å²) in [5.74, 6) is 0.466. The van der Waals surface area contributed by atoms with E-state index in [4.69, 9.17) is 0 Å². The zero-order valence-corrected chi connectivity index (χ0v) is 83.6. The van der Waals surface area contributed by atoms with Gasteiger partial charge in [-0.25, -0.2) is 0 Å². The maximum Gasteiger partial charge on any atom is 0.418 e. The molecule has 6 nitrogen and oxygen atoms in total. The summed E-state index contributed by atoms with van der Waals surface area (Å²) in [6.45, 7) is 56.0. The van der Waals surface area contributed by atoms with Crippen molar-refractivity contribution in [1.82, 2.24) is 0 Å². The Kier molecular flexibility index (Phi) is 29.5. The fourth-order valence-electron chi connectivity index (χ4n) is 23.7. The number of nitrogens with zero attached hydrogens (tertiary/aromatic N) is 6. The molecule has 0 radical (unpaired) electrons. The maximum atomic E-state index is 2.83. The number of fused-ring (bicyclic) bond motifs is 22. The Bertz CT molecular complexity index is 6300. The first kappa shape index (κ1) is 95.2. The van der Waals surface area contributed by atoms with Crippen molar-refractivity contribution in [3.8, 4) is 44.8 Å². The van der Waals surface area contributed by atoms with Crippen LogP contribution in [0.5, 0.6) is 0 Å². The lowest BCUT2D eigenvalue weighted by Gasteiger charge is -2.31. The minimum absolute atomic E-state index is 0.233. The highest BCUT2D eigenvalue weighted by Crippen LogP contribution is 2.69. The van der Waals surface area contributed by atoms with Gasteiger partial charge in [0.1, 0.15) is 45.2 Å². The second-order valence-corrected chi connectivity index (χ2v) is 30.6. The predicted molar refractivity (Wildman–Crippen MR) is 554 cm³/mol. The monoisotopic (exact) mass is 1720 g/mol. The van der Waals surface area contributed by atoms with Gasteiger partial charge >= 0.3 is 17.0 Å². The molecular formula is C124H144N6+6. The fourth-order valence-corrected chi connectivity index (χ4v) is 23.7. The Labute approximate surface area is 781 Å². The molecule has 0 amide bonds. The number of benzene rings is 12. The van der Waals surface area contributed by atoms with Crippen LogP contribution in [0.25, 0.3) is 44.8 Å². The van der Waals surface area contributed by atoms with Gasteiger partial charge < -0.3 is 0 Å². The molecule has 10 aliphatic heterocycles. The third kappa shape index (κ3) is 12.7. The largest absolute Gasteiger partial charge is 0.418 e. The van der Waals surface area contributed by atoms with Gasteiger partial charge in [0.2, 0.25) is 57.0 Å². The van der Waals surface area contributed by atoms with E-state index in [2.05, 4.69) is 319 Å². The Hall–Kier alpha value is -12.4. The van der Waals surface area contributed by atoms with E-state index in [1.165, 1.54) is 213 Å². The highest BCUT2D eigenvalue weighted by Gasteiger charge is 2.79. The van der Waals surface area contributed by atoms with Crippen molar-refractivity contribution >= 4 is 45.6 Å². The van der Waals surface area contributed by atoms with E-state index in [0.29, 0.717) is 0 Å². The Morgan fingerprint density at radius 3 is 0.823 bits per heavy atom. The first-order chi connectivity index (χ1) is 64.6. The summed E-state index contributed by atoms with van der Waals surface area (Å²) >= 11 is 0. The summed E-state index contributed by atoms with van der Waals surface area (Å²) < 4.78 is 16.1. The van der Waals surface area contributed by atoms with Crippen molar-refractivity contribution in [3.63, 3.8) is 0 Å². The van der Waals surface area contributed by atoms with Gasteiger partial charge in [-0.1, -0.05) is 388 Å². The van der Waals surface area contributed by atoms with Crippen LogP contribution in [0.2, 0.25) is 0 Å². The molecule has 3 spiro atoms. The minimum atomic E-state index is -0.454. The number of aromatic nitrogens is 2. The van der Waals surface area contributed by atoms with Crippen molar-refractivity contribution < 1.29 is 27.4 Å². The highest BCUT2D eigenvalue weighted by atomic mass is 15.4. The predicted octanol–water partition coefficient (Wildman–Crippen LogP) is 31.3. The van der Waals surface area contributed by atoms with Crippen LogP contribution in [-0.4, -0.2) is 41.1 Å². The zero-order valence-electron chi connectivity index (χ0n) is 83.6. The van der Waals surface area contributed by atoms with Crippen molar-refractivity contribution in [1.29, 1.82) is 0 Å². The molecule has 0 saturated carbocycles. The van der Waals surface area contributed by atoms with Crippen molar-refractivity contribution in [2.24, 2.45) is 0 Å². The summed E-state index contributed by atoms with van der Waals surface area (Å²) in [5, 5.41) is 0. The average Bonchev–Trinajstić information content (AvgIpc) is 1.46. The van der Waals surface area contributed by atoms with Crippen LogP contribution in [0.4, 0.5) is 22.7 Å². The smallest absolute Gasteiger partial charge is 0.126 e. The highest BCUT2D eigenvalue weighted by molar-refractivity contribution is 6.21. The molecule has 6 heteroatoms. The number of rotatable bonds is 0. The molecule has 664 valence electrons. The molecule has 12 aromatic carbocycles. The molecule has 29 rings (SSSR count). The number of hydrogen-bond acceptors (Lipinski definition) is 0. The molecule has 2 aromatic heterocycles. The van der Waals surface area contributed by atoms with Gasteiger partial charge in [-0.3, -0.25) is 0 Å². The van der Waals surface area contributed by atoms with Crippen LogP contribution >= 0.6 is 0 Å². The number of pyridine rings is 2. The molecular weight excluding hydrogens is 1570 g/mol. The van der Waals surface area contributed by atoms with E-state index < -0.39 is 5.66 Å². The quantitative estimate of drug-likeness (QED) is 0.135. The molecule has 0 saturated heterocycles. The summed E-state index contributed by atoms with van der Waals surface area (Å²) in [5.41, 5.74) is 53.6. The van der Waals surface area contributed by atoms with Crippen LogP contribution in [0.1, 0.15) is 328 Å². The van der Waals surface area contributed by atoms with E-state index in [1.807, 2.05) is 194 Å². The van der Waals surface area contributed by atoms with Gasteiger partial charge in [-0.15, -0.1) is 27.4 Å². The third-order valence-corrected chi connectivity index (χ3v) is 26.7. The second-order valence-electron chi connectivity index (χ2n) is 30.6. The molecule has 15 aliphatic rings. The molecule has 0 N–H and O–H groups in total. The molecule has 130 heavy (non-hydrogen) atoms. The van der Waals surface area contributed by atoms with Crippen LogP contribution in [0, 0.1) is 0 Å². The van der Waals surface area contributed by atoms with Crippen molar-refractivity contribution in [2.45, 2.75) is 255 Å². The lowest BCUT2D eigenvalue weighted by Crippen LogP contribution is -2.72. The van der Waals surface area contributed by atoms with Crippen LogP contribution in [0.15, 0.2) is 291 Å². The molecule has 2 unspecified atom stereocenters. The topological polar surface area (TPSA) is 19.8 Å². The molecule has 2 atom stereocenters. The molecule has 14 aromatic rings. The van der Waals surface area contributed by atoms with E-state index >= 15 is 0 Å². The molecule has 12 heterocycles. The third-order valence-electron chi connectivity index (χ3n) is 26.7. The summed E-state index contributed by atoms with van der Waals surface area (Å²) in [6.07, 6.45) is 9.54. The number of para-hydroxylation sites is 4. The van der Waals surface area contributed by atoms with Gasteiger partial charge in [0.05, 0.1) is 46.2 Å². The van der Waals surface area contributed by atoms with E-state index in [9.17, 15) is 0 Å². The Morgan fingerprint density at radius 1 is 0.192 bits per heavy atom. The van der Waals surface area contributed by atoms with Gasteiger partial charge in [-0.05, 0) is 122 Å². The minimum Gasteiger partial charge on any atom is -0.126 e. The van der Waals surface area contributed by atoms with Gasteiger partial charge in [-0.2, -0.15) is 0 Å². The summed E-state index contributed by atoms with van der Waals surface area (Å²) in [4.78, 5) is 0. The second kappa shape index (κ2) is 40.3. The Morgan fingerprint density at radius 2 is 0.462 bits per heavy atom. The van der Waals surface area contributed by atoms with Crippen LogP contribution in [0.3, 0.4) is 0 Å². The first-order valence-corrected chi connectivity index (χ1v) is 50.7. The van der Waals surface area contributed by atoms with Crippen LogP contribution in [-0.2, 0) is 49.1 Å². The lowest BCUT2D eigenvalue weighted by atomic mass is 9.67. The lowest BCUT2D eigenvalue weighted by molar-refractivity contribution is -0.955. The number of hydrogen-bond donors (Lipinski definition) is 0. The maximum absolute atomic E-state index is 2.83. The van der Waals surface area contributed by atoms with Gasteiger partial charge in [0.25, 0.3) is 0 Å². The standard InChI is InChI=1S/C42H24N2.C30H20N2.C24H16N2.14C2H6/c1-3-11-26-24(9-1)28-19-17-22-21-23-18-20-29-25-10-2-4-12-27(25)35-31-14-6-8-16-33(31)44-41(35)37(29)39(23)42(44)38(22)36(28)40-34(26)30-13-5-7-15-32(30)43(40)42;1-3-13-24-18(7-1)16-26-22-11-5-9-20-15-21-10-6-12-23-27-17-19-8-2-4-14-25(19)32(27)30(28(20)22,29(21)23)31(24)26;1-3-13-25-20(11-1)18-9-5-7-16-15-17-8-6-10-19-21-12-2-4-14-26(21)24(25,22(16)18)23(17)19;14*1-2/h1-20,34-35H,21H2;1-14H,15-17H2;1-14H,15H2;14*1-2H3/q3*+2;;;;;;;;;;;;;;. The fraction of sp³-hybridized carbons (Fsp3) is 0.306. The SMILES string of the molecule is CC.CC.CC.CC.CC.CC.CC.CC.CC.CC.CC.CC.CC.CC.c1cc2c3c(c1)-c1cccc[n+]1C31c3c(cccc3-c3cccc[n+]31)C2.c1ccc2c(c1)-c1ccc3c4c1C1=[N+](c5ccccc5C12)C41c2c(ccc4c2C2=[N+]1c1ccccc1C2c1ccccc1-4)C3.c1ccc2c(c1)CC1=[N+]2C23c4c(cccc41)Cc1cccc(c12)C1=[N+]3c2ccccc2C1. The van der Waals surface area contributed by atoms with E-state index in [0.717, 1.165) is 32.1 Å². The van der Waals surface area contributed by atoms with Crippen molar-refractivity contribution in [3.05, 3.63) is 414 Å². The summed E-state index contributed by atoms with van der Waals surface area (Å²) in [7, 11) is 0. The summed E-state index contributed by atoms with van der Waals surface area (Å²) in [6, 6.07) is 106. The molecule has 0 bridgehead atoms. The van der Waals surface area contributed by atoms with Gasteiger partial charge in [0, 0.05) is 70.8 Å². The molecule has 0 fully saturated rings. The Balaban J connectivity index is 0.000000150. The normalized spacial score (nSPS) is 16.3.